The molecule has 0 bridgehead atoms. The molecule has 0 spiro atoms. The highest BCUT2D eigenvalue weighted by Gasteiger charge is 2.20. The second-order valence-electron chi connectivity index (χ2n) is 2.45. The van der Waals surface area contributed by atoms with Crippen LogP contribution in [0.2, 0.25) is 0 Å². The van der Waals surface area contributed by atoms with Crippen molar-refractivity contribution in [2.24, 2.45) is 0 Å². The molecular formula is C7H15BO5. The van der Waals surface area contributed by atoms with Gasteiger partial charge in [-0.2, -0.15) is 0 Å². The van der Waals surface area contributed by atoms with Gasteiger partial charge in [-0.3, -0.25) is 0 Å². The lowest BCUT2D eigenvalue weighted by Gasteiger charge is -2.21. The highest BCUT2D eigenvalue weighted by molar-refractivity contribution is 6.08. The fourth-order valence-corrected chi connectivity index (χ4v) is 0.827. The lowest BCUT2D eigenvalue weighted by Crippen LogP contribution is -2.34. The molecule has 2 atom stereocenters. The Morgan fingerprint density at radius 3 is 2.62 bits per heavy atom. The van der Waals surface area contributed by atoms with Crippen LogP contribution in [-0.2, 0) is 14.2 Å². The zero-order valence-corrected chi connectivity index (χ0v) is 8.15. The topological polar surface area (TPSA) is 65.0 Å². The Morgan fingerprint density at radius 2 is 2.23 bits per heavy atom. The Balaban J connectivity index is 3.89. The van der Waals surface area contributed by atoms with Crippen molar-refractivity contribution in [2.45, 2.75) is 19.1 Å². The van der Waals surface area contributed by atoms with Crippen molar-refractivity contribution in [2.75, 3.05) is 20.2 Å². The number of methoxy groups -OCH3 is 1. The highest BCUT2D eigenvalue weighted by atomic mass is 16.7. The van der Waals surface area contributed by atoms with Gasteiger partial charge in [0.05, 0.1) is 13.7 Å². The standard InChI is InChI=1S/C7H15BO5/c1-5(13-7(10)11-2)6(3-9)12-4-8/h5-6,9H,3-4,8H2,1-2H3/t5-,6-/m1/s1. The minimum atomic E-state index is -0.773. The molecule has 0 aliphatic heterocycles. The molecule has 0 rings (SSSR count). The molecule has 0 fully saturated rings. The SMILES string of the molecule is BCO[C@H](CO)[C@@H](C)OC(=O)OC. The molecule has 0 aromatic heterocycles. The summed E-state index contributed by atoms with van der Waals surface area (Å²) >= 11 is 0. The van der Waals surface area contributed by atoms with E-state index in [1.54, 1.807) is 14.8 Å². The summed E-state index contributed by atoms with van der Waals surface area (Å²) in [5.74, 6) is 0. The number of ether oxygens (including phenoxy) is 3. The second kappa shape index (κ2) is 6.74. The van der Waals surface area contributed by atoms with Crippen LogP contribution in [0.5, 0.6) is 0 Å². The first-order chi connectivity index (χ1) is 6.15. The van der Waals surface area contributed by atoms with Crippen molar-refractivity contribution in [1.29, 1.82) is 0 Å². The molecule has 0 saturated carbocycles. The second-order valence-corrected chi connectivity index (χ2v) is 2.45. The normalized spacial score (nSPS) is 14.7. The van der Waals surface area contributed by atoms with Crippen molar-refractivity contribution in [1.82, 2.24) is 0 Å². The fourth-order valence-electron chi connectivity index (χ4n) is 0.827. The van der Waals surface area contributed by atoms with Gasteiger partial charge in [-0.25, -0.2) is 4.79 Å². The predicted octanol–water partition coefficient (Wildman–Crippen LogP) is -0.874. The molecule has 0 aromatic carbocycles. The Hall–Kier alpha value is -0.745. The van der Waals surface area contributed by atoms with E-state index in [0.717, 1.165) is 0 Å². The fraction of sp³-hybridized carbons (Fsp3) is 0.857. The first-order valence-corrected chi connectivity index (χ1v) is 4.12. The number of aliphatic hydroxyl groups excluding tert-OH is 1. The van der Waals surface area contributed by atoms with Crippen molar-refractivity contribution in [3.63, 3.8) is 0 Å². The molecule has 0 amide bonds. The molecule has 0 aromatic rings. The average Bonchev–Trinajstić information content (AvgIpc) is 2.13. The smallest absolute Gasteiger partial charge is 0.438 e. The van der Waals surface area contributed by atoms with E-state index >= 15 is 0 Å². The monoisotopic (exact) mass is 190 g/mol. The van der Waals surface area contributed by atoms with E-state index in [-0.39, 0.29) is 6.61 Å². The summed E-state index contributed by atoms with van der Waals surface area (Å²) in [5, 5.41) is 8.86. The largest absolute Gasteiger partial charge is 0.508 e. The minimum Gasteiger partial charge on any atom is -0.438 e. The summed E-state index contributed by atoms with van der Waals surface area (Å²) in [6, 6.07) is 0. The third-order valence-corrected chi connectivity index (χ3v) is 1.53. The summed E-state index contributed by atoms with van der Waals surface area (Å²) in [7, 11) is 3.03. The van der Waals surface area contributed by atoms with Gasteiger partial charge in [-0.05, 0) is 6.92 Å². The molecule has 0 radical (unpaired) electrons. The van der Waals surface area contributed by atoms with Crippen LogP contribution in [0.4, 0.5) is 4.79 Å². The highest BCUT2D eigenvalue weighted by Crippen LogP contribution is 2.03. The van der Waals surface area contributed by atoms with Gasteiger partial charge in [0, 0.05) is 6.51 Å². The van der Waals surface area contributed by atoms with Crippen LogP contribution < -0.4 is 0 Å². The Morgan fingerprint density at radius 1 is 1.62 bits per heavy atom. The van der Waals surface area contributed by atoms with Gasteiger partial charge < -0.3 is 19.3 Å². The van der Waals surface area contributed by atoms with E-state index < -0.39 is 18.4 Å². The third-order valence-electron chi connectivity index (χ3n) is 1.53. The molecule has 6 heteroatoms. The maximum Gasteiger partial charge on any atom is 0.508 e. The zero-order chi connectivity index (χ0) is 10.3. The first kappa shape index (κ1) is 12.3. The summed E-state index contributed by atoms with van der Waals surface area (Å²) in [6.45, 7) is 1.90. The molecule has 76 valence electrons. The number of hydrogen-bond donors (Lipinski definition) is 1. The Bertz CT molecular complexity index is 152. The van der Waals surface area contributed by atoms with Gasteiger partial charge in [0.2, 0.25) is 0 Å². The Labute approximate surface area is 78.4 Å². The van der Waals surface area contributed by atoms with Crippen LogP contribution in [-0.4, -0.2) is 51.5 Å². The zero-order valence-electron chi connectivity index (χ0n) is 8.15. The van der Waals surface area contributed by atoms with Crippen LogP contribution in [0.3, 0.4) is 0 Å². The van der Waals surface area contributed by atoms with Crippen LogP contribution in [0.15, 0.2) is 0 Å². The maximum atomic E-state index is 10.7. The molecule has 0 aliphatic carbocycles. The van der Waals surface area contributed by atoms with Gasteiger partial charge in [0.15, 0.2) is 0 Å². The summed E-state index contributed by atoms with van der Waals surface area (Å²) in [6.07, 6.45) is -1.79. The van der Waals surface area contributed by atoms with Gasteiger partial charge in [-0.15, -0.1) is 0 Å². The van der Waals surface area contributed by atoms with E-state index in [1.807, 2.05) is 0 Å². The third kappa shape index (κ3) is 4.74. The van der Waals surface area contributed by atoms with Gasteiger partial charge in [-0.1, -0.05) is 0 Å². The van der Waals surface area contributed by atoms with Gasteiger partial charge >= 0.3 is 6.16 Å². The maximum absolute atomic E-state index is 10.7. The van der Waals surface area contributed by atoms with Crippen LogP contribution in [0.25, 0.3) is 0 Å². The van der Waals surface area contributed by atoms with E-state index in [0.29, 0.717) is 6.51 Å². The molecule has 5 nitrogen and oxygen atoms in total. The molecule has 13 heavy (non-hydrogen) atoms. The minimum absolute atomic E-state index is 0.188. The van der Waals surface area contributed by atoms with E-state index in [9.17, 15) is 4.79 Å². The lowest BCUT2D eigenvalue weighted by molar-refractivity contribution is -0.0606. The number of carbonyl (C=O) groups is 1. The molecule has 0 unspecified atom stereocenters. The van der Waals surface area contributed by atoms with E-state index in [2.05, 4.69) is 4.74 Å². The van der Waals surface area contributed by atoms with Crippen molar-refractivity contribution in [3.05, 3.63) is 0 Å². The number of hydrogen-bond acceptors (Lipinski definition) is 5. The summed E-state index contributed by atoms with van der Waals surface area (Å²) in [4.78, 5) is 10.7. The average molecular weight is 190 g/mol. The van der Waals surface area contributed by atoms with E-state index in [4.69, 9.17) is 14.6 Å². The van der Waals surface area contributed by atoms with Crippen LogP contribution in [0.1, 0.15) is 6.92 Å². The molecule has 0 heterocycles. The lowest BCUT2D eigenvalue weighted by atomic mass is 10.2. The van der Waals surface area contributed by atoms with Crippen LogP contribution in [0, 0.1) is 0 Å². The molecule has 0 aliphatic rings. The van der Waals surface area contributed by atoms with Gasteiger partial charge in [0.25, 0.3) is 0 Å². The quantitative estimate of drug-likeness (QED) is 0.450. The molecule has 0 saturated heterocycles. The number of carbonyl (C=O) groups excluding carboxylic acids is 1. The van der Waals surface area contributed by atoms with Crippen molar-refractivity contribution in [3.8, 4) is 0 Å². The number of rotatable bonds is 5. The first-order valence-electron chi connectivity index (χ1n) is 4.12. The van der Waals surface area contributed by atoms with Gasteiger partial charge in [0.1, 0.15) is 20.1 Å². The predicted molar refractivity (Wildman–Crippen MR) is 48.3 cm³/mol. The summed E-state index contributed by atoms with van der Waals surface area (Å²) in [5.41, 5.74) is 0. The summed E-state index contributed by atoms with van der Waals surface area (Å²) < 4.78 is 14.2. The Kier molecular flexibility index (Phi) is 6.35. The molecular weight excluding hydrogens is 175 g/mol. The van der Waals surface area contributed by atoms with Crippen molar-refractivity contribution < 1.29 is 24.1 Å². The van der Waals surface area contributed by atoms with Crippen LogP contribution >= 0.6 is 0 Å². The molecule has 1 N–H and O–H groups in total. The number of aliphatic hydroxyl groups is 1. The van der Waals surface area contributed by atoms with Crippen molar-refractivity contribution >= 4 is 14.0 Å². The van der Waals surface area contributed by atoms with E-state index in [1.165, 1.54) is 7.11 Å².